The summed E-state index contributed by atoms with van der Waals surface area (Å²) in [6.07, 6.45) is 1.81. The molecule has 0 saturated carbocycles. The van der Waals surface area contributed by atoms with Gasteiger partial charge in [-0.3, -0.25) is 14.0 Å². The van der Waals surface area contributed by atoms with Gasteiger partial charge in [0.1, 0.15) is 11.3 Å². The molecule has 2 amide bonds. The summed E-state index contributed by atoms with van der Waals surface area (Å²) < 4.78 is 2.63. The highest BCUT2D eigenvalue weighted by molar-refractivity contribution is 9.10. The normalized spacial score (nSPS) is 10.8. The van der Waals surface area contributed by atoms with Gasteiger partial charge in [-0.1, -0.05) is 0 Å². The van der Waals surface area contributed by atoms with Gasteiger partial charge in [-0.05, 0) is 65.7 Å². The van der Waals surface area contributed by atoms with Gasteiger partial charge in [0.25, 0.3) is 5.91 Å². The van der Waals surface area contributed by atoms with E-state index >= 15 is 0 Å². The predicted octanol–water partition coefficient (Wildman–Crippen LogP) is 3.06. The summed E-state index contributed by atoms with van der Waals surface area (Å²) >= 11 is 3.44. The molecule has 3 aromatic rings. The molecule has 7 heteroatoms. The summed E-state index contributed by atoms with van der Waals surface area (Å²) in [6.45, 7) is 3.74. The van der Waals surface area contributed by atoms with Crippen LogP contribution in [-0.2, 0) is 0 Å². The number of imidazole rings is 1. The number of aryl methyl sites for hydroxylation is 2. The monoisotopic (exact) mass is 386 g/mol. The number of amides is 2. The molecule has 0 radical (unpaired) electrons. The van der Waals surface area contributed by atoms with Gasteiger partial charge in [0.2, 0.25) is 5.91 Å². The highest BCUT2D eigenvalue weighted by atomic mass is 79.9. The molecule has 3 N–H and O–H groups in total. The third kappa shape index (κ3) is 2.90. The van der Waals surface area contributed by atoms with Crippen molar-refractivity contribution in [3.8, 4) is 0 Å². The first kappa shape index (κ1) is 16.2. The van der Waals surface area contributed by atoms with E-state index in [1.807, 2.05) is 19.2 Å². The van der Waals surface area contributed by atoms with Crippen LogP contribution in [0.4, 0.5) is 5.69 Å². The number of nitrogens with one attached hydrogen (secondary N) is 1. The number of hydrogen-bond donors (Lipinski definition) is 2. The van der Waals surface area contributed by atoms with Crippen molar-refractivity contribution in [1.82, 2.24) is 9.38 Å². The Kier molecular flexibility index (Phi) is 4.11. The summed E-state index contributed by atoms with van der Waals surface area (Å²) in [5.74, 6) is -0.782. The van der Waals surface area contributed by atoms with E-state index in [-0.39, 0.29) is 5.91 Å². The number of carbonyl (C=O) groups is 2. The van der Waals surface area contributed by atoms with Gasteiger partial charge < -0.3 is 11.1 Å². The third-order valence-corrected chi connectivity index (χ3v) is 4.12. The van der Waals surface area contributed by atoms with Crippen molar-refractivity contribution in [2.75, 3.05) is 5.32 Å². The van der Waals surface area contributed by atoms with Gasteiger partial charge in [-0.2, -0.15) is 0 Å². The van der Waals surface area contributed by atoms with Crippen LogP contribution in [-0.4, -0.2) is 21.2 Å². The number of nitrogens with zero attached hydrogens (tertiary/aromatic N) is 2. The van der Waals surface area contributed by atoms with Gasteiger partial charge in [-0.15, -0.1) is 0 Å². The largest absolute Gasteiger partial charge is 0.366 e. The molecule has 0 fully saturated rings. The zero-order valence-electron chi connectivity index (χ0n) is 13.1. The molecule has 0 unspecified atom stereocenters. The Hall–Kier alpha value is -2.67. The highest BCUT2D eigenvalue weighted by Gasteiger charge is 2.18. The lowest BCUT2D eigenvalue weighted by Crippen LogP contribution is -2.16. The van der Waals surface area contributed by atoms with Crippen molar-refractivity contribution in [2.45, 2.75) is 13.8 Å². The van der Waals surface area contributed by atoms with Crippen LogP contribution in [0.2, 0.25) is 0 Å². The van der Waals surface area contributed by atoms with Crippen LogP contribution < -0.4 is 11.1 Å². The molecule has 2 aromatic heterocycles. The van der Waals surface area contributed by atoms with Crippen LogP contribution >= 0.6 is 15.9 Å². The van der Waals surface area contributed by atoms with Gasteiger partial charge in [-0.25, -0.2) is 4.98 Å². The lowest BCUT2D eigenvalue weighted by molar-refractivity contribution is 0.0997. The molecule has 0 bridgehead atoms. The number of hydrogen-bond acceptors (Lipinski definition) is 3. The van der Waals surface area contributed by atoms with Crippen molar-refractivity contribution in [3.05, 3.63) is 63.5 Å². The number of aromatic nitrogens is 2. The van der Waals surface area contributed by atoms with Crippen LogP contribution in [0.15, 0.2) is 41.0 Å². The second kappa shape index (κ2) is 6.09. The maximum absolute atomic E-state index is 12.7. The van der Waals surface area contributed by atoms with Crippen LogP contribution in [0.3, 0.4) is 0 Å². The number of primary amides is 1. The lowest BCUT2D eigenvalue weighted by atomic mass is 10.2. The molecular weight excluding hydrogens is 372 g/mol. The minimum atomic E-state index is -0.508. The number of halogens is 1. The highest BCUT2D eigenvalue weighted by Crippen LogP contribution is 2.21. The van der Waals surface area contributed by atoms with Crippen LogP contribution in [0, 0.1) is 13.8 Å². The summed E-state index contributed by atoms with van der Waals surface area (Å²) in [4.78, 5) is 28.2. The van der Waals surface area contributed by atoms with E-state index in [2.05, 4.69) is 26.2 Å². The van der Waals surface area contributed by atoms with Crippen LogP contribution in [0.1, 0.15) is 32.1 Å². The maximum atomic E-state index is 12.7. The summed E-state index contributed by atoms with van der Waals surface area (Å²) in [5, 5.41) is 2.82. The van der Waals surface area contributed by atoms with Crippen molar-refractivity contribution in [2.24, 2.45) is 5.73 Å². The fourth-order valence-corrected chi connectivity index (χ4v) is 3.11. The minimum absolute atomic E-state index is 0.274. The molecule has 0 spiro atoms. The Morgan fingerprint density at radius 3 is 2.50 bits per heavy atom. The second-order valence-corrected chi connectivity index (χ2v) is 6.39. The molecule has 122 valence electrons. The van der Waals surface area contributed by atoms with Crippen molar-refractivity contribution < 1.29 is 9.59 Å². The number of rotatable bonds is 3. The Bertz CT molecular complexity index is 961. The third-order valence-electron chi connectivity index (χ3n) is 3.69. The average Bonchev–Trinajstić information content (AvgIpc) is 2.84. The topological polar surface area (TPSA) is 89.5 Å². The number of carbonyl (C=O) groups excluding carboxylic acids is 2. The van der Waals surface area contributed by atoms with Gasteiger partial charge >= 0.3 is 0 Å². The molecule has 0 saturated heterocycles. The average molecular weight is 387 g/mol. The molecule has 0 aliphatic rings. The Labute approximate surface area is 146 Å². The van der Waals surface area contributed by atoms with E-state index in [0.29, 0.717) is 22.6 Å². The maximum Gasteiger partial charge on any atom is 0.274 e. The minimum Gasteiger partial charge on any atom is -0.366 e. The Balaban J connectivity index is 1.97. The Morgan fingerprint density at radius 2 is 1.88 bits per heavy atom. The molecule has 0 atom stereocenters. The van der Waals surface area contributed by atoms with E-state index < -0.39 is 5.91 Å². The van der Waals surface area contributed by atoms with E-state index in [1.54, 1.807) is 35.6 Å². The Morgan fingerprint density at radius 1 is 1.21 bits per heavy atom. The summed E-state index contributed by atoms with van der Waals surface area (Å²) in [6, 6.07) is 8.36. The van der Waals surface area contributed by atoms with Crippen LogP contribution in [0.25, 0.3) is 5.65 Å². The van der Waals surface area contributed by atoms with Crippen molar-refractivity contribution in [1.29, 1.82) is 0 Å². The van der Waals surface area contributed by atoms with E-state index in [0.717, 1.165) is 15.7 Å². The molecule has 0 aliphatic carbocycles. The van der Waals surface area contributed by atoms with E-state index in [1.165, 1.54) is 0 Å². The first-order valence-electron chi connectivity index (χ1n) is 7.23. The molecule has 24 heavy (non-hydrogen) atoms. The molecule has 3 rings (SSSR count). The zero-order chi connectivity index (χ0) is 17.4. The number of benzene rings is 1. The van der Waals surface area contributed by atoms with E-state index in [4.69, 9.17) is 5.73 Å². The number of pyridine rings is 1. The smallest absolute Gasteiger partial charge is 0.274 e. The quantitative estimate of drug-likeness (QED) is 0.724. The molecule has 6 nitrogen and oxygen atoms in total. The van der Waals surface area contributed by atoms with Crippen LogP contribution in [0.5, 0.6) is 0 Å². The number of nitrogens with two attached hydrogens (primary N) is 1. The predicted molar refractivity (Wildman–Crippen MR) is 95.3 cm³/mol. The van der Waals surface area contributed by atoms with Gasteiger partial charge in [0.05, 0.1) is 5.69 Å². The fraction of sp³-hybridized carbons (Fsp3) is 0.118. The van der Waals surface area contributed by atoms with Crippen molar-refractivity contribution >= 4 is 39.1 Å². The molecule has 2 heterocycles. The molecule has 0 aliphatic heterocycles. The van der Waals surface area contributed by atoms with Gasteiger partial charge in [0, 0.05) is 21.9 Å². The second-order valence-electron chi connectivity index (χ2n) is 5.48. The zero-order valence-corrected chi connectivity index (χ0v) is 14.7. The van der Waals surface area contributed by atoms with Crippen molar-refractivity contribution in [3.63, 3.8) is 0 Å². The first-order valence-corrected chi connectivity index (χ1v) is 8.02. The number of fused-ring (bicyclic) bond motifs is 1. The first-order chi connectivity index (χ1) is 11.4. The number of anilines is 1. The van der Waals surface area contributed by atoms with Gasteiger partial charge in [0.15, 0.2) is 0 Å². The summed E-state index contributed by atoms with van der Waals surface area (Å²) in [7, 11) is 0. The standard InChI is InChI=1S/C17H15BrN4O2/c1-9-7-12(18)8-22-14(10(2)20-16(9)22)17(24)21-13-5-3-11(4-6-13)15(19)23/h3-8H,1-2H3,(H2,19,23)(H,21,24). The molecular formula is C17H15BrN4O2. The lowest BCUT2D eigenvalue weighted by Gasteiger charge is -2.07. The summed E-state index contributed by atoms with van der Waals surface area (Å²) in [5.41, 5.74) is 8.99. The van der Waals surface area contributed by atoms with E-state index in [9.17, 15) is 9.59 Å². The fourth-order valence-electron chi connectivity index (χ4n) is 2.56. The SMILES string of the molecule is Cc1nc2c(C)cc(Br)cn2c1C(=O)Nc1ccc(C(N)=O)cc1. The molecule has 1 aromatic carbocycles.